The minimum absolute atomic E-state index is 0.0489. The number of rotatable bonds is 4. The molecule has 0 bridgehead atoms. The van der Waals surface area contributed by atoms with Gasteiger partial charge in [0.15, 0.2) is 0 Å². The third kappa shape index (κ3) is 4.20. The normalized spacial score (nSPS) is 23.7. The number of methoxy groups -OCH3 is 1. The minimum Gasteiger partial charge on any atom is -0.497 e. The molecule has 0 radical (unpaired) electrons. The maximum absolute atomic E-state index is 12.9. The van der Waals surface area contributed by atoms with E-state index in [1.165, 1.54) is 0 Å². The first-order valence-electron chi connectivity index (χ1n) is 10.3. The molecule has 7 heteroatoms. The molecule has 0 N–H and O–H groups in total. The van der Waals surface area contributed by atoms with Gasteiger partial charge in [0.1, 0.15) is 17.0 Å². The average Bonchev–Trinajstić information content (AvgIpc) is 3.37. The van der Waals surface area contributed by atoms with Gasteiger partial charge in [0.2, 0.25) is 0 Å². The van der Waals surface area contributed by atoms with Crippen molar-refractivity contribution < 1.29 is 23.8 Å². The van der Waals surface area contributed by atoms with E-state index in [2.05, 4.69) is 0 Å². The molecular weight excluding hydrogens is 372 g/mol. The van der Waals surface area contributed by atoms with E-state index in [0.717, 1.165) is 24.2 Å². The molecule has 1 aromatic rings. The first-order chi connectivity index (χ1) is 13.7. The summed E-state index contributed by atoms with van der Waals surface area (Å²) in [5, 5.41) is 0. The molecule has 1 aromatic carbocycles. The monoisotopic (exact) mass is 402 g/mol. The van der Waals surface area contributed by atoms with Crippen LogP contribution in [-0.4, -0.2) is 65.9 Å². The average molecular weight is 402 g/mol. The highest BCUT2D eigenvalue weighted by atomic mass is 16.6. The van der Waals surface area contributed by atoms with Crippen LogP contribution in [0.4, 0.5) is 4.79 Å². The summed E-state index contributed by atoms with van der Waals surface area (Å²) in [6, 6.07) is 7.80. The smallest absolute Gasteiger partial charge is 0.410 e. The summed E-state index contributed by atoms with van der Waals surface area (Å²) < 4.78 is 16.9. The van der Waals surface area contributed by atoms with Crippen LogP contribution >= 0.6 is 0 Å². The van der Waals surface area contributed by atoms with Crippen LogP contribution in [0.3, 0.4) is 0 Å². The summed E-state index contributed by atoms with van der Waals surface area (Å²) in [5.41, 5.74) is -0.0650. The largest absolute Gasteiger partial charge is 0.497 e. The van der Waals surface area contributed by atoms with Gasteiger partial charge in [0.25, 0.3) is 5.91 Å². The Balaban J connectivity index is 1.38. The molecule has 4 rings (SSSR count). The summed E-state index contributed by atoms with van der Waals surface area (Å²) >= 11 is 0. The molecule has 1 unspecified atom stereocenters. The second kappa shape index (κ2) is 7.20. The van der Waals surface area contributed by atoms with Crippen LogP contribution in [0, 0.1) is 5.92 Å². The fourth-order valence-electron chi connectivity index (χ4n) is 3.97. The van der Waals surface area contributed by atoms with Crippen molar-refractivity contribution in [1.82, 2.24) is 9.80 Å². The van der Waals surface area contributed by atoms with Crippen LogP contribution in [0.1, 0.15) is 39.2 Å². The molecule has 1 aliphatic carbocycles. The van der Waals surface area contributed by atoms with Crippen molar-refractivity contribution in [3.63, 3.8) is 0 Å². The molecule has 29 heavy (non-hydrogen) atoms. The lowest BCUT2D eigenvalue weighted by atomic mass is 9.91. The molecule has 1 spiro atoms. The third-order valence-corrected chi connectivity index (χ3v) is 5.78. The second-order valence-electron chi connectivity index (χ2n) is 9.33. The molecule has 2 amide bonds. The number of benzene rings is 1. The predicted octanol–water partition coefficient (Wildman–Crippen LogP) is 2.82. The predicted molar refractivity (Wildman–Crippen MR) is 107 cm³/mol. The molecule has 2 heterocycles. The van der Waals surface area contributed by atoms with E-state index in [9.17, 15) is 9.59 Å². The van der Waals surface area contributed by atoms with Gasteiger partial charge in [-0.25, -0.2) is 4.79 Å². The molecular formula is C22H30N2O5. The van der Waals surface area contributed by atoms with Gasteiger partial charge in [-0.05, 0) is 51.3 Å². The zero-order valence-electron chi connectivity index (χ0n) is 17.6. The van der Waals surface area contributed by atoms with Crippen molar-refractivity contribution in [2.75, 3.05) is 26.7 Å². The minimum atomic E-state index is -0.637. The molecule has 2 aliphatic heterocycles. The van der Waals surface area contributed by atoms with Crippen molar-refractivity contribution in [3.8, 4) is 5.75 Å². The van der Waals surface area contributed by atoms with Crippen molar-refractivity contribution >= 4 is 12.0 Å². The first kappa shape index (κ1) is 20.0. The van der Waals surface area contributed by atoms with E-state index in [1.807, 2.05) is 49.9 Å². The standard InChI is InChI=1S/C22H30N2O5/c1-21(2,3)29-20(26)24-12-16(13-24)18-14-23(19(25)22(28-18)9-10-22)11-15-5-7-17(27-4)8-6-15/h5-8,16,18H,9-14H2,1-4H3. The number of hydrogen-bond donors (Lipinski definition) is 0. The number of carbonyl (C=O) groups excluding carboxylic acids is 2. The van der Waals surface area contributed by atoms with Crippen LogP contribution in [0.5, 0.6) is 5.75 Å². The van der Waals surface area contributed by atoms with Gasteiger partial charge in [-0.3, -0.25) is 4.79 Å². The number of carbonyl (C=O) groups is 2. The fraction of sp³-hybridized carbons (Fsp3) is 0.636. The van der Waals surface area contributed by atoms with Crippen LogP contribution < -0.4 is 4.74 Å². The Labute approximate surface area is 171 Å². The molecule has 158 valence electrons. The van der Waals surface area contributed by atoms with Crippen molar-refractivity contribution in [2.24, 2.45) is 5.92 Å². The van der Waals surface area contributed by atoms with Crippen molar-refractivity contribution in [2.45, 2.75) is 57.5 Å². The zero-order valence-corrected chi connectivity index (χ0v) is 17.6. The summed E-state index contributed by atoms with van der Waals surface area (Å²) in [6.07, 6.45) is 1.23. The van der Waals surface area contributed by atoms with Crippen molar-refractivity contribution in [1.29, 1.82) is 0 Å². The third-order valence-electron chi connectivity index (χ3n) is 5.78. The molecule has 3 aliphatic rings. The zero-order chi connectivity index (χ0) is 20.8. The van der Waals surface area contributed by atoms with Crippen LogP contribution in [0.25, 0.3) is 0 Å². The van der Waals surface area contributed by atoms with E-state index >= 15 is 0 Å². The van der Waals surface area contributed by atoms with Gasteiger partial charge >= 0.3 is 6.09 Å². The summed E-state index contributed by atoms with van der Waals surface area (Å²) in [6.45, 7) is 7.94. The lowest BCUT2D eigenvalue weighted by Crippen LogP contribution is -2.62. The molecule has 0 aromatic heterocycles. The van der Waals surface area contributed by atoms with Crippen LogP contribution in [0.15, 0.2) is 24.3 Å². The molecule has 3 fully saturated rings. The summed E-state index contributed by atoms with van der Waals surface area (Å²) in [5.74, 6) is 1.12. The highest BCUT2D eigenvalue weighted by molar-refractivity contribution is 5.89. The van der Waals surface area contributed by atoms with E-state index in [-0.39, 0.29) is 24.0 Å². The van der Waals surface area contributed by atoms with Gasteiger partial charge in [0.05, 0.1) is 13.2 Å². The molecule has 1 atom stereocenters. The van der Waals surface area contributed by atoms with Crippen LogP contribution in [0.2, 0.25) is 0 Å². The number of nitrogens with zero attached hydrogens (tertiary/aromatic N) is 2. The molecule has 1 saturated carbocycles. The summed E-state index contributed by atoms with van der Waals surface area (Å²) in [4.78, 5) is 28.8. The van der Waals surface area contributed by atoms with E-state index < -0.39 is 11.2 Å². The van der Waals surface area contributed by atoms with E-state index in [4.69, 9.17) is 14.2 Å². The maximum Gasteiger partial charge on any atom is 0.410 e. The number of morpholine rings is 1. The van der Waals surface area contributed by atoms with Gasteiger partial charge in [0, 0.05) is 32.1 Å². The molecule has 2 saturated heterocycles. The number of hydrogen-bond acceptors (Lipinski definition) is 5. The van der Waals surface area contributed by atoms with Crippen molar-refractivity contribution in [3.05, 3.63) is 29.8 Å². The SMILES string of the molecule is COc1ccc(CN2CC(C3CN(C(=O)OC(C)(C)C)C3)OC3(CC3)C2=O)cc1. The number of amides is 2. The van der Waals surface area contributed by atoms with E-state index in [0.29, 0.717) is 26.2 Å². The fourth-order valence-corrected chi connectivity index (χ4v) is 3.97. The Hall–Kier alpha value is -2.28. The quantitative estimate of drug-likeness (QED) is 0.775. The highest BCUT2D eigenvalue weighted by Crippen LogP contribution is 2.46. The van der Waals surface area contributed by atoms with Crippen LogP contribution in [-0.2, 0) is 20.8 Å². The Kier molecular flexibility index (Phi) is 4.97. The molecule has 7 nitrogen and oxygen atoms in total. The van der Waals surface area contributed by atoms with E-state index in [1.54, 1.807) is 12.0 Å². The topological polar surface area (TPSA) is 68.3 Å². The maximum atomic E-state index is 12.9. The first-order valence-corrected chi connectivity index (χ1v) is 10.3. The lowest BCUT2D eigenvalue weighted by molar-refractivity contribution is -0.180. The Morgan fingerprint density at radius 3 is 2.38 bits per heavy atom. The van der Waals surface area contributed by atoms with Gasteiger partial charge in [-0.2, -0.15) is 0 Å². The Morgan fingerprint density at radius 2 is 1.83 bits per heavy atom. The number of ether oxygens (including phenoxy) is 3. The highest BCUT2D eigenvalue weighted by Gasteiger charge is 2.59. The Morgan fingerprint density at radius 1 is 1.17 bits per heavy atom. The van der Waals surface area contributed by atoms with Gasteiger partial charge in [-0.15, -0.1) is 0 Å². The Bertz CT molecular complexity index is 775. The number of likely N-dealkylation sites (tertiary alicyclic amines) is 1. The second-order valence-corrected chi connectivity index (χ2v) is 9.33. The summed E-state index contributed by atoms with van der Waals surface area (Å²) in [7, 11) is 1.64. The van der Waals surface area contributed by atoms with Gasteiger partial charge < -0.3 is 24.0 Å². The van der Waals surface area contributed by atoms with Gasteiger partial charge in [-0.1, -0.05) is 12.1 Å². The lowest BCUT2D eigenvalue weighted by Gasteiger charge is -2.47.